The summed E-state index contributed by atoms with van der Waals surface area (Å²) in [6.07, 6.45) is 3.74. The number of aryl methyl sites for hydroxylation is 1. The van der Waals surface area contributed by atoms with E-state index >= 15 is 0 Å². The first-order chi connectivity index (χ1) is 8.08. The topological polar surface area (TPSA) is 50.1 Å². The van der Waals surface area contributed by atoms with E-state index in [-0.39, 0.29) is 12.1 Å². The molecule has 0 bridgehead atoms. The minimum Gasteiger partial charge on any atom is -0.392 e. The van der Waals surface area contributed by atoms with Gasteiger partial charge in [0.1, 0.15) is 5.82 Å². The Kier molecular flexibility index (Phi) is 5.65. The first-order valence-corrected chi connectivity index (χ1v) is 6.55. The van der Waals surface area contributed by atoms with Crippen LogP contribution in [0.4, 0.5) is 0 Å². The second-order valence-corrected chi connectivity index (χ2v) is 4.61. The minimum absolute atomic E-state index is 0.274. The molecule has 98 valence electrons. The predicted molar refractivity (Wildman–Crippen MR) is 70.0 cm³/mol. The average molecular weight is 239 g/mol. The lowest BCUT2D eigenvalue weighted by Gasteiger charge is -2.10. The predicted octanol–water partition coefficient (Wildman–Crippen LogP) is 1.89. The van der Waals surface area contributed by atoms with Gasteiger partial charge < -0.3 is 15.0 Å². The first-order valence-electron chi connectivity index (χ1n) is 6.55. The van der Waals surface area contributed by atoms with Gasteiger partial charge in [0, 0.05) is 25.2 Å². The smallest absolute Gasteiger partial charge is 0.108 e. The highest BCUT2D eigenvalue weighted by atomic mass is 16.3. The van der Waals surface area contributed by atoms with Gasteiger partial charge in [-0.2, -0.15) is 0 Å². The number of aromatic nitrogens is 2. The summed E-state index contributed by atoms with van der Waals surface area (Å²) >= 11 is 0. The number of aliphatic hydroxyl groups is 1. The highest BCUT2D eigenvalue weighted by Crippen LogP contribution is 2.13. The Morgan fingerprint density at radius 2 is 2.12 bits per heavy atom. The van der Waals surface area contributed by atoms with Crippen LogP contribution in [0.15, 0.2) is 6.20 Å². The number of hydrogen-bond donors (Lipinski definition) is 2. The molecule has 4 nitrogen and oxygen atoms in total. The van der Waals surface area contributed by atoms with E-state index in [1.54, 1.807) is 6.92 Å². The zero-order valence-electron chi connectivity index (χ0n) is 11.4. The van der Waals surface area contributed by atoms with E-state index in [2.05, 4.69) is 41.8 Å². The van der Waals surface area contributed by atoms with Crippen molar-refractivity contribution >= 4 is 0 Å². The van der Waals surface area contributed by atoms with Crippen LogP contribution in [0.25, 0.3) is 0 Å². The summed E-state index contributed by atoms with van der Waals surface area (Å²) in [5.74, 6) is 1.05. The molecule has 0 aliphatic rings. The van der Waals surface area contributed by atoms with Crippen molar-refractivity contribution in [3.8, 4) is 0 Å². The maximum Gasteiger partial charge on any atom is 0.108 e. The number of aliphatic hydroxyl groups excluding tert-OH is 1. The molecule has 0 aliphatic carbocycles. The summed E-state index contributed by atoms with van der Waals surface area (Å²) in [5, 5.41) is 12.9. The molecular formula is C13H25N3O. The maximum absolute atomic E-state index is 9.45. The molecule has 1 aromatic rings. The molecule has 4 heteroatoms. The van der Waals surface area contributed by atoms with Crippen molar-refractivity contribution in [1.82, 2.24) is 14.9 Å². The fourth-order valence-electron chi connectivity index (χ4n) is 1.88. The summed E-state index contributed by atoms with van der Waals surface area (Å²) in [5.41, 5.74) is 1.07. The summed E-state index contributed by atoms with van der Waals surface area (Å²) in [7, 11) is 0. The van der Waals surface area contributed by atoms with Crippen LogP contribution in [0.1, 0.15) is 51.7 Å². The third-order valence-electron chi connectivity index (χ3n) is 2.80. The number of nitrogens with one attached hydrogen (secondary N) is 1. The van der Waals surface area contributed by atoms with Gasteiger partial charge in [0.2, 0.25) is 0 Å². The van der Waals surface area contributed by atoms with Crippen LogP contribution in [0, 0.1) is 0 Å². The second kappa shape index (κ2) is 6.77. The molecule has 2 atom stereocenters. The monoisotopic (exact) mass is 239 g/mol. The van der Waals surface area contributed by atoms with E-state index in [0.29, 0.717) is 6.54 Å². The van der Waals surface area contributed by atoms with E-state index in [4.69, 9.17) is 0 Å². The quantitative estimate of drug-likeness (QED) is 0.764. The fraction of sp³-hybridized carbons (Fsp3) is 0.769. The standard InChI is InChI=1S/C13H25N3O/c1-5-7-14-11(4)12-9-16(8-10(3)17)13(6-2)15-12/h9-11,14,17H,5-8H2,1-4H3. The molecule has 0 aromatic carbocycles. The molecule has 2 unspecified atom stereocenters. The largest absolute Gasteiger partial charge is 0.392 e. The highest BCUT2D eigenvalue weighted by Gasteiger charge is 2.12. The van der Waals surface area contributed by atoms with Crippen molar-refractivity contribution in [2.45, 2.75) is 59.2 Å². The Labute approximate surface area is 104 Å². The molecule has 0 fully saturated rings. The first kappa shape index (κ1) is 14.2. The molecule has 0 aliphatic heterocycles. The summed E-state index contributed by atoms with van der Waals surface area (Å²) < 4.78 is 2.06. The minimum atomic E-state index is -0.332. The Morgan fingerprint density at radius 1 is 1.41 bits per heavy atom. The lowest BCUT2D eigenvalue weighted by atomic mass is 10.2. The summed E-state index contributed by atoms with van der Waals surface area (Å²) in [4.78, 5) is 4.62. The molecule has 0 saturated carbocycles. The average Bonchev–Trinajstić information content (AvgIpc) is 2.68. The summed E-state index contributed by atoms with van der Waals surface area (Å²) in [6, 6.07) is 0.274. The number of nitrogens with zero attached hydrogens (tertiary/aromatic N) is 2. The molecule has 0 amide bonds. The van der Waals surface area contributed by atoms with Crippen LogP contribution < -0.4 is 5.32 Å². The summed E-state index contributed by atoms with van der Waals surface area (Å²) in [6.45, 7) is 9.81. The van der Waals surface area contributed by atoms with Crippen LogP contribution in [0.5, 0.6) is 0 Å². The highest BCUT2D eigenvalue weighted by molar-refractivity contribution is 5.08. The molecule has 1 aromatic heterocycles. The van der Waals surface area contributed by atoms with Gasteiger partial charge in [-0.25, -0.2) is 4.98 Å². The molecular weight excluding hydrogens is 214 g/mol. The fourth-order valence-corrected chi connectivity index (χ4v) is 1.88. The Bertz CT molecular complexity index is 333. The molecule has 0 radical (unpaired) electrons. The van der Waals surface area contributed by atoms with Crippen LogP contribution in [-0.4, -0.2) is 27.3 Å². The van der Waals surface area contributed by atoms with E-state index in [1.807, 2.05) is 0 Å². The van der Waals surface area contributed by atoms with Crippen molar-refractivity contribution in [3.63, 3.8) is 0 Å². The van der Waals surface area contributed by atoms with Crippen LogP contribution in [-0.2, 0) is 13.0 Å². The molecule has 0 spiro atoms. The van der Waals surface area contributed by atoms with Crippen molar-refractivity contribution in [2.75, 3.05) is 6.54 Å². The molecule has 0 saturated heterocycles. The molecule has 1 rings (SSSR count). The zero-order chi connectivity index (χ0) is 12.8. The van der Waals surface area contributed by atoms with Gasteiger partial charge >= 0.3 is 0 Å². The van der Waals surface area contributed by atoms with E-state index in [1.165, 1.54) is 0 Å². The van der Waals surface area contributed by atoms with E-state index < -0.39 is 0 Å². The van der Waals surface area contributed by atoms with Crippen molar-refractivity contribution < 1.29 is 5.11 Å². The van der Waals surface area contributed by atoms with Crippen molar-refractivity contribution in [1.29, 1.82) is 0 Å². The molecule has 17 heavy (non-hydrogen) atoms. The van der Waals surface area contributed by atoms with Gasteiger partial charge in [-0.05, 0) is 26.8 Å². The third kappa shape index (κ3) is 4.13. The molecule has 2 N–H and O–H groups in total. The third-order valence-corrected chi connectivity index (χ3v) is 2.80. The number of rotatable bonds is 7. The molecule has 1 heterocycles. The lowest BCUT2D eigenvalue weighted by Crippen LogP contribution is -2.19. The Balaban J connectivity index is 2.76. The van der Waals surface area contributed by atoms with Gasteiger partial charge in [0.25, 0.3) is 0 Å². The Morgan fingerprint density at radius 3 is 2.65 bits per heavy atom. The lowest BCUT2D eigenvalue weighted by molar-refractivity contribution is 0.172. The number of imidazole rings is 1. The number of hydrogen-bond acceptors (Lipinski definition) is 3. The van der Waals surface area contributed by atoms with E-state index in [9.17, 15) is 5.11 Å². The van der Waals surface area contributed by atoms with Gasteiger partial charge in [-0.3, -0.25) is 0 Å². The van der Waals surface area contributed by atoms with Crippen LogP contribution in [0.3, 0.4) is 0 Å². The Hall–Kier alpha value is -0.870. The maximum atomic E-state index is 9.45. The second-order valence-electron chi connectivity index (χ2n) is 4.61. The van der Waals surface area contributed by atoms with Gasteiger partial charge in [-0.1, -0.05) is 13.8 Å². The van der Waals surface area contributed by atoms with Crippen LogP contribution >= 0.6 is 0 Å². The normalized spacial score (nSPS) is 14.9. The SMILES string of the molecule is CCCNC(C)c1cn(CC(C)O)c(CC)n1. The zero-order valence-corrected chi connectivity index (χ0v) is 11.4. The van der Waals surface area contributed by atoms with Gasteiger partial charge in [0.15, 0.2) is 0 Å². The van der Waals surface area contributed by atoms with Gasteiger partial charge in [-0.15, -0.1) is 0 Å². The van der Waals surface area contributed by atoms with Gasteiger partial charge in [0.05, 0.1) is 11.8 Å². The van der Waals surface area contributed by atoms with E-state index in [0.717, 1.165) is 30.9 Å². The van der Waals surface area contributed by atoms with Crippen LogP contribution in [0.2, 0.25) is 0 Å². The van der Waals surface area contributed by atoms with Crippen molar-refractivity contribution in [3.05, 3.63) is 17.7 Å². The van der Waals surface area contributed by atoms with Crippen molar-refractivity contribution in [2.24, 2.45) is 0 Å².